The van der Waals surface area contributed by atoms with E-state index in [0.29, 0.717) is 17.5 Å². The van der Waals surface area contributed by atoms with Crippen LogP contribution in [-0.2, 0) is 9.47 Å². The monoisotopic (exact) mass is 329 g/mol. The van der Waals surface area contributed by atoms with Gasteiger partial charge in [-0.25, -0.2) is 14.5 Å². The summed E-state index contributed by atoms with van der Waals surface area (Å²) in [6, 6.07) is 2.18. The van der Waals surface area contributed by atoms with Gasteiger partial charge in [-0.05, 0) is 51.0 Å². The standard InChI is InChI=1S/C18H23N3O3/c1-11(12-6-7-12)21-17-13(10-20-21)8-14(9-19-17)18(22)24-16-5-3-4-15(16)23-2/h8-12,15-16H,3-7H2,1-2H3/t11-,15-,16-/m0/s1. The first-order valence-electron chi connectivity index (χ1n) is 8.74. The topological polar surface area (TPSA) is 66.2 Å². The van der Waals surface area contributed by atoms with E-state index in [1.807, 2.05) is 10.7 Å². The number of rotatable bonds is 5. The molecule has 4 rings (SSSR count). The lowest BCUT2D eigenvalue weighted by Crippen LogP contribution is -2.27. The maximum absolute atomic E-state index is 12.4. The van der Waals surface area contributed by atoms with Crippen molar-refractivity contribution in [2.24, 2.45) is 5.92 Å². The molecule has 0 radical (unpaired) electrons. The predicted molar refractivity (Wildman–Crippen MR) is 88.8 cm³/mol. The second-order valence-corrected chi connectivity index (χ2v) is 6.95. The zero-order valence-electron chi connectivity index (χ0n) is 14.1. The van der Waals surface area contributed by atoms with Crippen LogP contribution in [0, 0.1) is 5.92 Å². The molecule has 6 nitrogen and oxygen atoms in total. The van der Waals surface area contributed by atoms with Gasteiger partial charge in [0.15, 0.2) is 5.65 Å². The zero-order chi connectivity index (χ0) is 16.7. The molecular weight excluding hydrogens is 306 g/mol. The third-order valence-corrected chi connectivity index (χ3v) is 5.31. The van der Waals surface area contributed by atoms with Gasteiger partial charge in [0.05, 0.1) is 23.9 Å². The molecule has 3 atom stereocenters. The molecule has 0 saturated heterocycles. The minimum absolute atomic E-state index is 0.00721. The van der Waals surface area contributed by atoms with Gasteiger partial charge >= 0.3 is 5.97 Å². The number of fused-ring (bicyclic) bond motifs is 1. The lowest BCUT2D eigenvalue weighted by atomic mass is 10.2. The fraction of sp³-hybridized carbons (Fsp3) is 0.611. The Morgan fingerprint density at radius 2 is 2.04 bits per heavy atom. The second-order valence-electron chi connectivity index (χ2n) is 6.95. The van der Waals surface area contributed by atoms with Crippen LogP contribution in [0.1, 0.15) is 55.4 Å². The first-order valence-corrected chi connectivity index (χ1v) is 8.74. The molecular formula is C18H23N3O3. The zero-order valence-corrected chi connectivity index (χ0v) is 14.1. The number of nitrogens with zero attached hydrogens (tertiary/aromatic N) is 3. The molecule has 0 amide bonds. The van der Waals surface area contributed by atoms with Gasteiger partial charge in [-0.15, -0.1) is 0 Å². The summed E-state index contributed by atoms with van der Waals surface area (Å²) >= 11 is 0. The average molecular weight is 329 g/mol. The first kappa shape index (κ1) is 15.6. The van der Waals surface area contributed by atoms with Gasteiger partial charge in [0.25, 0.3) is 0 Å². The van der Waals surface area contributed by atoms with Crippen molar-refractivity contribution in [1.82, 2.24) is 14.8 Å². The molecule has 6 heteroatoms. The third kappa shape index (κ3) is 2.79. The predicted octanol–water partition coefficient (Wildman–Crippen LogP) is 3.13. The Bertz CT molecular complexity index is 753. The number of carbonyl (C=O) groups excluding carboxylic acids is 1. The average Bonchev–Trinajstić information content (AvgIpc) is 3.21. The van der Waals surface area contributed by atoms with Gasteiger partial charge in [-0.2, -0.15) is 5.10 Å². The molecule has 24 heavy (non-hydrogen) atoms. The Labute approximate surface area is 141 Å². The van der Waals surface area contributed by atoms with Crippen LogP contribution in [0.5, 0.6) is 0 Å². The summed E-state index contributed by atoms with van der Waals surface area (Å²) in [7, 11) is 1.67. The number of hydrogen-bond donors (Lipinski definition) is 0. The third-order valence-electron chi connectivity index (χ3n) is 5.31. The maximum Gasteiger partial charge on any atom is 0.340 e. The normalized spacial score (nSPS) is 25.1. The Morgan fingerprint density at radius 1 is 1.25 bits per heavy atom. The quantitative estimate of drug-likeness (QED) is 0.789. The fourth-order valence-electron chi connectivity index (χ4n) is 3.63. The van der Waals surface area contributed by atoms with Crippen LogP contribution >= 0.6 is 0 Å². The molecule has 0 aliphatic heterocycles. The molecule has 0 spiro atoms. The summed E-state index contributed by atoms with van der Waals surface area (Å²) in [6.45, 7) is 2.18. The Kier molecular flexibility index (Phi) is 4.00. The van der Waals surface area contributed by atoms with Crippen LogP contribution < -0.4 is 0 Å². The van der Waals surface area contributed by atoms with Gasteiger partial charge in [0, 0.05) is 18.7 Å². The first-order chi connectivity index (χ1) is 11.7. The summed E-state index contributed by atoms with van der Waals surface area (Å²) in [5.41, 5.74) is 1.31. The van der Waals surface area contributed by atoms with Gasteiger partial charge in [0.2, 0.25) is 0 Å². The fourth-order valence-corrected chi connectivity index (χ4v) is 3.63. The molecule has 0 N–H and O–H groups in total. The molecule has 2 saturated carbocycles. The van der Waals surface area contributed by atoms with Crippen LogP contribution in [0.15, 0.2) is 18.5 Å². The molecule has 2 aromatic heterocycles. The van der Waals surface area contributed by atoms with Crippen molar-refractivity contribution < 1.29 is 14.3 Å². The van der Waals surface area contributed by atoms with Crippen molar-refractivity contribution in [3.05, 3.63) is 24.0 Å². The molecule has 2 fully saturated rings. The molecule has 2 aliphatic rings. The van der Waals surface area contributed by atoms with Crippen molar-refractivity contribution >= 4 is 17.0 Å². The molecule has 128 valence electrons. The van der Waals surface area contributed by atoms with Crippen LogP contribution in [0.2, 0.25) is 0 Å². The molecule has 2 aliphatic carbocycles. The Morgan fingerprint density at radius 3 is 2.79 bits per heavy atom. The van der Waals surface area contributed by atoms with Gasteiger partial charge in [-0.1, -0.05) is 0 Å². The number of ether oxygens (including phenoxy) is 2. The molecule has 0 aromatic carbocycles. The molecule has 0 bridgehead atoms. The van der Waals surface area contributed by atoms with E-state index in [4.69, 9.17) is 9.47 Å². The number of carbonyl (C=O) groups is 1. The van der Waals surface area contributed by atoms with Gasteiger partial charge in [0.1, 0.15) is 6.10 Å². The van der Waals surface area contributed by atoms with Crippen molar-refractivity contribution in [3.63, 3.8) is 0 Å². The van der Waals surface area contributed by atoms with Crippen molar-refractivity contribution in [2.75, 3.05) is 7.11 Å². The number of pyridine rings is 1. The minimum atomic E-state index is -0.332. The maximum atomic E-state index is 12.4. The minimum Gasteiger partial charge on any atom is -0.456 e. The van der Waals surface area contributed by atoms with Crippen LogP contribution in [0.4, 0.5) is 0 Å². The summed E-state index contributed by atoms with van der Waals surface area (Å²) in [5.74, 6) is 0.370. The summed E-state index contributed by atoms with van der Waals surface area (Å²) < 4.78 is 13.0. The highest BCUT2D eigenvalue weighted by Gasteiger charge is 2.32. The highest BCUT2D eigenvalue weighted by molar-refractivity contribution is 5.93. The van der Waals surface area contributed by atoms with E-state index in [0.717, 1.165) is 30.3 Å². The van der Waals surface area contributed by atoms with Crippen LogP contribution in [0.3, 0.4) is 0 Å². The number of esters is 1. The van der Waals surface area contributed by atoms with Gasteiger partial charge in [-0.3, -0.25) is 0 Å². The van der Waals surface area contributed by atoms with Crippen molar-refractivity contribution in [1.29, 1.82) is 0 Å². The van der Waals surface area contributed by atoms with Crippen LogP contribution in [-0.4, -0.2) is 40.1 Å². The van der Waals surface area contributed by atoms with E-state index in [1.165, 1.54) is 12.8 Å². The molecule has 2 aromatic rings. The van der Waals surface area contributed by atoms with E-state index in [-0.39, 0.29) is 18.2 Å². The van der Waals surface area contributed by atoms with Crippen molar-refractivity contribution in [2.45, 2.75) is 57.3 Å². The SMILES string of the molecule is CO[C@H]1CCC[C@@H]1OC(=O)c1cnc2c(cnn2[C@@H](C)C2CC2)c1. The largest absolute Gasteiger partial charge is 0.456 e. The Hall–Kier alpha value is -1.95. The van der Waals surface area contributed by atoms with E-state index in [1.54, 1.807) is 19.5 Å². The molecule has 2 heterocycles. The molecule has 0 unspecified atom stereocenters. The smallest absolute Gasteiger partial charge is 0.340 e. The lowest BCUT2D eigenvalue weighted by molar-refractivity contribution is -0.0206. The van der Waals surface area contributed by atoms with E-state index >= 15 is 0 Å². The highest BCUT2D eigenvalue weighted by Crippen LogP contribution is 2.40. The van der Waals surface area contributed by atoms with Crippen molar-refractivity contribution in [3.8, 4) is 0 Å². The number of hydrogen-bond acceptors (Lipinski definition) is 5. The summed E-state index contributed by atoms with van der Waals surface area (Å²) in [5, 5.41) is 5.35. The van der Waals surface area contributed by atoms with E-state index < -0.39 is 0 Å². The number of aromatic nitrogens is 3. The van der Waals surface area contributed by atoms with E-state index in [9.17, 15) is 4.79 Å². The Balaban J connectivity index is 1.53. The van der Waals surface area contributed by atoms with Crippen LogP contribution in [0.25, 0.3) is 11.0 Å². The van der Waals surface area contributed by atoms with Gasteiger partial charge < -0.3 is 9.47 Å². The summed E-state index contributed by atoms with van der Waals surface area (Å²) in [6.07, 6.45) is 8.58. The number of methoxy groups -OCH3 is 1. The lowest BCUT2D eigenvalue weighted by Gasteiger charge is -2.18. The highest BCUT2D eigenvalue weighted by atomic mass is 16.6. The van der Waals surface area contributed by atoms with E-state index in [2.05, 4.69) is 17.0 Å². The second kappa shape index (κ2) is 6.16. The summed E-state index contributed by atoms with van der Waals surface area (Å²) in [4.78, 5) is 16.9.